The van der Waals surface area contributed by atoms with Crippen LogP contribution in [0.3, 0.4) is 0 Å². The highest BCUT2D eigenvalue weighted by Crippen LogP contribution is 2.32. The number of tetrazole rings is 1. The molecule has 0 amide bonds. The molecule has 1 aliphatic heterocycles. The molecule has 8 nitrogen and oxygen atoms in total. The number of rotatable bonds is 4. The van der Waals surface area contributed by atoms with Gasteiger partial charge < -0.3 is 9.26 Å². The second kappa shape index (κ2) is 6.98. The average Bonchev–Trinajstić information content (AvgIpc) is 3.25. The zero-order valence-corrected chi connectivity index (χ0v) is 14.1. The molecule has 1 unspecified atom stereocenters. The summed E-state index contributed by atoms with van der Waals surface area (Å²) in [6.07, 6.45) is 6.32. The quantitative estimate of drug-likeness (QED) is 0.844. The van der Waals surface area contributed by atoms with Crippen molar-refractivity contribution in [2.75, 3.05) is 19.7 Å². The van der Waals surface area contributed by atoms with E-state index in [-0.39, 0.29) is 6.10 Å². The summed E-state index contributed by atoms with van der Waals surface area (Å²) in [6.45, 7) is 3.02. The first-order chi connectivity index (χ1) is 11.8. The smallest absolute Gasteiger partial charge is 0.204 e. The summed E-state index contributed by atoms with van der Waals surface area (Å²) in [6, 6.07) is 2.14. The third-order valence-corrected chi connectivity index (χ3v) is 4.94. The van der Waals surface area contributed by atoms with Crippen LogP contribution in [0.1, 0.15) is 61.4 Å². The Bertz CT molecular complexity index is 663. The van der Waals surface area contributed by atoms with Crippen molar-refractivity contribution in [3.05, 3.63) is 23.3 Å². The third kappa shape index (κ3) is 3.49. The summed E-state index contributed by atoms with van der Waals surface area (Å²) >= 11 is 0. The van der Waals surface area contributed by atoms with Crippen LogP contribution in [-0.4, -0.2) is 50.0 Å². The van der Waals surface area contributed by atoms with E-state index in [0.29, 0.717) is 18.3 Å². The van der Waals surface area contributed by atoms with Crippen LogP contribution < -0.4 is 0 Å². The lowest BCUT2D eigenvalue weighted by Crippen LogP contribution is -2.38. The monoisotopic (exact) mass is 332 g/mol. The lowest BCUT2D eigenvalue weighted by atomic mass is 9.87. The molecule has 2 aromatic rings. The third-order valence-electron chi connectivity index (χ3n) is 4.94. The van der Waals surface area contributed by atoms with Crippen LogP contribution in [0.4, 0.5) is 0 Å². The van der Waals surface area contributed by atoms with Gasteiger partial charge in [-0.25, -0.2) is 0 Å². The standard InChI is InChI=1S/C16H24N6O2/c1-21-18-16(17-20-21)15-11-22(7-8-23-15)10-13-9-14(19-24-13)12-5-3-2-4-6-12/h9,12,15H,2-8,10-11H2,1H3. The number of ether oxygens (including phenoxy) is 1. The molecule has 0 radical (unpaired) electrons. The van der Waals surface area contributed by atoms with Gasteiger partial charge >= 0.3 is 0 Å². The summed E-state index contributed by atoms with van der Waals surface area (Å²) in [5, 5.41) is 16.5. The first kappa shape index (κ1) is 15.7. The largest absolute Gasteiger partial charge is 0.367 e. The van der Waals surface area contributed by atoms with Crippen molar-refractivity contribution in [3.63, 3.8) is 0 Å². The lowest BCUT2D eigenvalue weighted by molar-refractivity contribution is -0.0394. The van der Waals surface area contributed by atoms with E-state index in [1.165, 1.54) is 36.9 Å². The van der Waals surface area contributed by atoms with Gasteiger partial charge in [-0.2, -0.15) is 4.80 Å². The fraction of sp³-hybridized carbons (Fsp3) is 0.750. The maximum atomic E-state index is 5.78. The summed E-state index contributed by atoms with van der Waals surface area (Å²) in [5.74, 6) is 2.16. The van der Waals surface area contributed by atoms with Gasteiger partial charge in [-0.3, -0.25) is 4.90 Å². The zero-order chi connectivity index (χ0) is 16.4. The molecule has 1 saturated carbocycles. The molecule has 0 bridgehead atoms. The molecule has 0 N–H and O–H groups in total. The number of hydrogen-bond acceptors (Lipinski definition) is 7. The normalized spacial score (nSPS) is 23.6. The Morgan fingerprint density at radius 2 is 2.12 bits per heavy atom. The van der Waals surface area contributed by atoms with E-state index in [1.807, 2.05) is 0 Å². The van der Waals surface area contributed by atoms with Gasteiger partial charge in [-0.05, 0) is 18.1 Å². The van der Waals surface area contributed by atoms with Gasteiger partial charge in [-0.1, -0.05) is 24.4 Å². The van der Waals surface area contributed by atoms with Gasteiger partial charge in [0.1, 0.15) is 6.10 Å². The maximum absolute atomic E-state index is 5.78. The van der Waals surface area contributed by atoms with Crippen LogP contribution in [0.2, 0.25) is 0 Å². The molecule has 2 aromatic heterocycles. The van der Waals surface area contributed by atoms with Crippen LogP contribution in [-0.2, 0) is 18.3 Å². The van der Waals surface area contributed by atoms with Crippen LogP contribution in [0.5, 0.6) is 0 Å². The number of aromatic nitrogens is 5. The van der Waals surface area contributed by atoms with Crippen LogP contribution in [0.15, 0.2) is 10.6 Å². The molecular formula is C16H24N6O2. The Labute approximate surface area is 141 Å². The van der Waals surface area contributed by atoms with Crippen LogP contribution >= 0.6 is 0 Å². The molecule has 130 valence electrons. The van der Waals surface area contributed by atoms with Gasteiger partial charge in [0.25, 0.3) is 0 Å². The Hall–Kier alpha value is -1.80. The highest BCUT2D eigenvalue weighted by molar-refractivity contribution is 5.11. The van der Waals surface area contributed by atoms with E-state index < -0.39 is 0 Å². The SMILES string of the molecule is Cn1nnc(C2CN(Cc3cc(C4CCCCC4)no3)CCO2)n1. The fourth-order valence-corrected chi connectivity index (χ4v) is 3.64. The predicted molar refractivity (Wildman–Crippen MR) is 85.1 cm³/mol. The van der Waals surface area contributed by atoms with Crippen LogP contribution in [0, 0.1) is 0 Å². The van der Waals surface area contributed by atoms with Crippen molar-refractivity contribution in [1.29, 1.82) is 0 Å². The highest BCUT2D eigenvalue weighted by Gasteiger charge is 2.27. The van der Waals surface area contributed by atoms with Gasteiger partial charge in [0.15, 0.2) is 5.76 Å². The van der Waals surface area contributed by atoms with Crippen molar-refractivity contribution in [2.45, 2.75) is 50.7 Å². The minimum atomic E-state index is -0.131. The molecule has 1 atom stereocenters. The maximum Gasteiger partial charge on any atom is 0.204 e. The first-order valence-corrected chi connectivity index (χ1v) is 8.81. The number of nitrogens with zero attached hydrogens (tertiary/aromatic N) is 6. The number of hydrogen-bond donors (Lipinski definition) is 0. The van der Waals surface area contributed by atoms with Crippen molar-refractivity contribution in [2.24, 2.45) is 7.05 Å². The highest BCUT2D eigenvalue weighted by atomic mass is 16.5. The Morgan fingerprint density at radius 3 is 2.92 bits per heavy atom. The van der Waals surface area contributed by atoms with E-state index in [1.54, 1.807) is 7.05 Å². The second-order valence-electron chi connectivity index (χ2n) is 6.78. The van der Waals surface area contributed by atoms with Crippen molar-refractivity contribution in [3.8, 4) is 0 Å². The second-order valence-corrected chi connectivity index (χ2v) is 6.78. The molecule has 4 rings (SSSR count). The summed E-state index contributed by atoms with van der Waals surface area (Å²) in [5.41, 5.74) is 1.13. The fourth-order valence-electron chi connectivity index (χ4n) is 3.64. The molecule has 24 heavy (non-hydrogen) atoms. The first-order valence-electron chi connectivity index (χ1n) is 8.81. The van der Waals surface area contributed by atoms with Crippen molar-refractivity contribution >= 4 is 0 Å². The van der Waals surface area contributed by atoms with E-state index in [0.717, 1.165) is 31.1 Å². The molecule has 8 heteroatoms. The van der Waals surface area contributed by atoms with Crippen LogP contribution in [0.25, 0.3) is 0 Å². The van der Waals surface area contributed by atoms with Crippen molar-refractivity contribution in [1.82, 2.24) is 30.3 Å². The summed E-state index contributed by atoms with van der Waals surface area (Å²) in [7, 11) is 1.76. The average molecular weight is 332 g/mol. The zero-order valence-electron chi connectivity index (χ0n) is 14.1. The minimum Gasteiger partial charge on any atom is -0.367 e. The molecule has 1 aliphatic carbocycles. The van der Waals surface area contributed by atoms with Gasteiger partial charge in [0, 0.05) is 25.1 Å². The number of aryl methyl sites for hydroxylation is 1. The Kier molecular flexibility index (Phi) is 4.57. The number of morpholine rings is 1. The molecular weight excluding hydrogens is 308 g/mol. The summed E-state index contributed by atoms with van der Waals surface area (Å²) in [4.78, 5) is 3.76. The molecule has 2 aliphatic rings. The Morgan fingerprint density at radius 1 is 1.25 bits per heavy atom. The van der Waals surface area contributed by atoms with Gasteiger partial charge in [-0.15, -0.1) is 10.2 Å². The van der Waals surface area contributed by atoms with E-state index in [9.17, 15) is 0 Å². The lowest BCUT2D eigenvalue weighted by Gasteiger charge is -2.30. The molecule has 0 aromatic carbocycles. The molecule has 1 saturated heterocycles. The van der Waals surface area contributed by atoms with E-state index in [4.69, 9.17) is 9.26 Å². The van der Waals surface area contributed by atoms with Gasteiger partial charge in [0.05, 0.1) is 25.9 Å². The van der Waals surface area contributed by atoms with E-state index >= 15 is 0 Å². The summed E-state index contributed by atoms with van der Waals surface area (Å²) < 4.78 is 11.4. The molecule has 0 spiro atoms. The predicted octanol–water partition coefficient (Wildman–Crippen LogP) is 1.82. The topological polar surface area (TPSA) is 82.1 Å². The van der Waals surface area contributed by atoms with Gasteiger partial charge in [0.2, 0.25) is 5.82 Å². The minimum absolute atomic E-state index is 0.131. The van der Waals surface area contributed by atoms with Crippen molar-refractivity contribution < 1.29 is 9.26 Å². The molecule has 2 fully saturated rings. The molecule has 3 heterocycles. The Balaban J connectivity index is 1.37. The van der Waals surface area contributed by atoms with E-state index in [2.05, 4.69) is 31.5 Å².